The number of nitrogens with one attached hydrogen (secondary N) is 3. The highest BCUT2D eigenvalue weighted by Gasteiger charge is 2.25. The van der Waals surface area contributed by atoms with Crippen LogP contribution in [0.2, 0.25) is 0 Å². The predicted molar refractivity (Wildman–Crippen MR) is 72.2 cm³/mol. The first kappa shape index (κ1) is 16.2. The van der Waals surface area contributed by atoms with E-state index in [1.807, 2.05) is 7.05 Å². The van der Waals surface area contributed by atoms with E-state index in [2.05, 4.69) is 27.8 Å². The molecule has 0 spiro atoms. The minimum atomic E-state index is -1.12. The van der Waals surface area contributed by atoms with Gasteiger partial charge in [0.25, 0.3) is 0 Å². The second kappa shape index (κ2) is 7.68. The van der Waals surface area contributed by atoms with Gasteiger partial charge >= 0.3 is 12.0 Å². The van der Waals surface area contributed by atoms with Crippen LogP contribution in [0.3, 0.4) is 0 Å². The number of hydrogen-bond donors (Lipinski definition) is 4. The number of carboxylic acids is 1. The van der Waals surface area contributed by atoms with E-state index < -0.39 is 24.5 Å². The lowest BCUT2D eigenvalue weighted by molar-refractivity contribution is -0.137. The lowest BCUT2D eigenvalue weighted by Crippen LogP contribution is -2.52. The standard InChI is InChI=1S/C12H22N4O4/c1-8-7-16(2)4-3-9(8)15-12(20)14-5-10(17)13-6-11(18)19/h8-9H,3-7H2,1-2H3,(H,13,17)(H,18,19)(H2,14,15,20). The zero-order valence-corrected chi connectivity index (χ0v) is 11.8. The van der Waals surface area contributed by atoms with E-state index in [4.69, 9.17) is 5.11 Å². The monoisotopic (exact) mass is 286 g/mol. The van der Waals surface area contributed by atoms with Crippen molar-refractivity contribution in [2.75, 3.05) is 33.2 Å². The maximum Gasteiger partial charge on any atom is 0.322 e. The maximum atomic E-state index is 11.6. The van der Waals surface area contributed by atoms with E-state index in [0.717, 1.165) is 19.5 Å². The summed E-state index contributed by atoms with van der Waals surface area (Å²) < 4.78 is 0. The summed E-state index contributed by atoms with van der Waals surface area (Å²) in [6.07, 6.45) is 0.871. The molecule has 8 nitrogen and oxygen atoms in total. The zero-order chi connectivity index (χ0) is 15.1. The Morgan fingerprint density at radius 1 is 1.25 bits per heavy atom. The van der Waals surface area contributed by atoms with Crippen LogP contribution in [0, 0.1) is 5.92 Å². The van der Waals surface area contributed by atoms with Crippen molar-refractivity contribution in [1.82, 2.24) is 20.9 Å². The summed E-state index contributed by atoms with van der Waals surface area (Å²) in [5.74, 6) is -1.30. The fourth-order valence-electron chi connectivity index (χ4n) is 2.19. The minimum Gasteiger partial charge on any atom is -0.480 e. The molecule has 0 radical (unpaired) electrons. The van der Waals surface area contributed by atoms with Gasteiger partial charge in [0.05, 0.1) is 6.54 Å². The normalized spacial score (nSPS) is 22.9. The number of likely N-dealkylation sites (tertiary alicyclic amines) is 1. The molecule has 1 aliphatic rings. The molecule has 1 rings (SSSR count). The molecule has 1 aliphatic heterocycles. The van der Waals surface area contributed by atoms with E-state index >= 15 is 0 Å². The van der Waals surface area contributed by atoms with Crippen LogP contribution >= 0.6 is 0 Å². The van der Waals surface area contributed by atoms with Crippen LogP contribution in [0.4, 0.5) is 4.79 Å². The lowest BCUT2D eigenvalue weighted by Gasteiger charge is -2.35. The fraction of sp³-hybridized carbons (Fsp3) is 0.750. The molecule has 114 valence electrons. The first-order valence-corrected chi connectivity index (χ1v) is 6.60. The highest BCUT2D eigenvalue weighted by atomic mass is 16.4. The topological polar surface area (TPSA) is 111 Å². The minimum absolute atomic E-state index is 0.0910. The van der Waals surface area contributed by atoms with Crippen LogP contribution in [-0.2, 0) is 9.59 Å². The van der Waals surface area contributed by atoms with Crippen molar-refractivity contribution in [1.29, 1.82) is 0 Å². The van der Waals surface area contributed by atoms with Gasteiger partial charge in [0.2, 0.25) is 5.91 Å². The molecule has 0 aromatic rings. The largest absolute Gasteiger partial charge is 0.480 e. The summed E-state index contributed by atoms with van der Waals surface area (Å²) >= 11 is 0. The van der Waals surface area contributed by atoms with Crippen LogP contribution in [-0.4, -0.2) is 67.2 Å². The third-order valence-electron chi connectivity index (χ3n) is 3.27. The molecule has 1 saturated heterocycles. The smallest absolute Gasteiger partial charge is 0.322 e. The predicted octanol–water partition coefficient (Wildman–Crippen LogP) is -1.17. The van der Waals surface area contributed by atoms with Crippen molar-refractivity contribution in [2.45, 2.75) is 19.4 Å². The Hall–Kier alpha value is -1.83. The van der Waals surface area contributed by atoms with E-state index in [1.165, 1.54) is 0 Å². The molecular formula is C12H22N4O4. The van der Waals surface area contributed by atoms with Gasteiger partial charge in [-0.25, -0.2) is 4.79 Å². The first-order valence-electron chi connectivity index (χ1n) is 6.60. The van der Waals surface area contributed by atoms with Crippen molar-refractivity contribution in [3.63, 3.8) is 0 Å². The SMILES string of the molecule is CC1CN(C)CCC1NC(=O)NCC(=O)NCC(=O)O. The summed E-state index contributed by atoms with van der Waals surface area (Å²) in [5.41, 5.74) is 0. The first-order chi connectivity index (χ1) is 9.38. The number of rotatable bonds is 5. The Bertz CT molecular complexity index is 374. The zero-order valence-electron chi connectivity index (χ0n) is 11.8. The van der Waals surface area contributed by atoms with Crippen molar-refractivity contribution in [2.24, 2.45) is 5.92 Å². The van der Waals surface area contributed by atoms with Crippen LogP contribution in [0.15, 0.2) is 0 Å². The van der Waals surface area contributed by atoms with Gasteiger partial charge in [0, 0.05) is 12.6 Å². The van der Waals surface area contributed by atoms with Gasteiger partial charge in [-0.15, -0.1) is 0 Å². The van der Waals surface area contributed by atoms with E-state index in [9.17, 15) is 14.4 Å². The van der Waals surface area contributed by atoms with Gasteiger partial charge < -0.3 is 26.0 Å². The summed E-state index contributed by atoms with van der Waals surface area (Å²) in [4.78, 5) is 35.3. The summed E-state index contributed by atoms with van der Waals surface area (Å²) in [7, 11) is 2.04. The fourth-order valence-corrected chi connectivity index (χ4v) is 2.19. The van der Waals surface area contributed by atoms with Gasteiger partial charge in [-0.3, -0.25) is 9.59 Å². The Morgan fingerprint density at radius 2 is 1.95 bits per heavy atom. The molecule has 1 fully saturated rings. The highest BCUT2D eigenvalue weighted by molar-refractivity contribution is 5.86. The number of carboxylic acid groups (broad SMARTS) is 1. The van der Waals surface area contributed by atoms with Gasteiger partial charge in [-0.1, -0.05) is 6.92 Å². The number of hydrogen-bond acceptors (Lipinski definition) is 4. The van der Waals surface area contributed by atoms with E-state index in [0.29, 0.717) is 5.92 Å². The number of amides is 3. The molecule has 3 amide bonds. The van der Waals surface area contributed by atoms with E-state index in [1.54, 1.807) is 0 Å². The van der Waals surface area contributed by atoms with Crippen molar-refractivity contribution in [3.8, 4) is 0 Å². The third-order valence-corrected chi connectivity index (χ3v) is 3.27. The number of aliphatic carboxylic acids is 1. The van der Waals surface area contributed by atoms with Gasteiger partial charge in [-0.05, 0) is 25.9 Å². The molecule has 0 bridgehead atoms. The Morgan fingerprint density at radius 3 is 2.55 bits per heavy atom. The number of piperidine rings is 1. The molecule has 1 heterocycles. The summed E-state index contributed by atoms with van der Waals surface area (Å²) in [6.45, 7) is 3.23. The molecule has 0 aliphatic carbocycles. The highest BCUT2D eigenvalue weighted by Crippen LogP contribution is 2.14. The van der Waals surface area contributed by atoms with Crippen molar-refractivity contribution >= 4 is 17.9 Å². The molecule has 0 aromatic heterocycles. The van der Waals surface area contributed by atoms with Crippen LogP contribution in [0.5, 0.6) is 0 Å². The number of carbonyl (C=O) groups is 3. The third kappa shape index (κ3) is 5.87. The second-order valence-electron chi connectivity index (χ2n) is 5.13. The van der Waals surface area contributed by atoms with Crippen molar-refractivity contribution < 1.29 is 19.5 Å². The lowest BCUT2D eigenvalue weighted by atomic mass is 9.94. The molecule has 2 atom stereocenters. The van der Waals surface area contributed by atoms with Crippen molar-refractivity contribution in [3.05, 3.63) is 0 Å². The molecule has 0 saturated carbocycles. The average molecular weight is 286 g/mol. The van der Waals surface area contributed by atoms with Gasteiger partial charge in [0.15, 0.2) is 0 Å². The quantitative estimate of drug-likeness (QED) is 0.509. The molecule has 8 heteroatoms. The Labute approximate surface area is 117 Å². The number of carbonyl (C=O) groups excluding carboxylic acids is 2. The van der Waals surface area contributed by atoms with Gasteiger partial charge in [-0.2, -0.15) is 0 Å². The molecule has 0 aromatic carbocycles. The molecule has 20 heavy (non-hydrogen) atoms. The number of nitrogens with zero attached hydrogens (tertiary/aromatic N) is 1. The summed E-state index contributed by atoms with van der Waals surface area (Å²) in [6, 6.07) is -0.315. The van der Waals surface area contributed by atoms with Crippen LogP contribution in [0.1, 0.15) is 13.3 Å². The Kier molecular flexibility index (Phi) is 6.23. The second-order valence-corrected chi connectivity index (χ2v) is 5.13. The maximum absolute atomic E-state index is 11.6. The van der Waals surface area contributed by atoms with Crippen LogP contribution in [0.25, 0.3) is 0 Å². The Balaban J connectivity index is 2.23. The van der Waals surface area contributed by atoms with Crippen LogP contribution < -0.4 is 16.0 Å². The van der Waals surface area contributed by atoms with E-state index in [-0.39, 0.29) is 12.6 Å². The van der Waals surface area contributed by atoms with Gasteiger partial charge in [0.1, 0.15) is 6.54 Å². The molecular weight excluding hydrogens is 264 g/mol. The average Bonchev–Trinajstić information content (AvgIpc) is 2.37. The molecule has 4 N–H and O–H groups in total. The number of urea groups is 1. The summed E-state index contributed by atoms with van der Waals surface area (Å²) in [5, 5.41) is 15.8. The molecule has 2 unspecified atom stereocenters.